The lowest BCUT2D eigenvalue weighted by Crippen LogP contribution is -2.37. The molecule has 0 spiro atoms. The van der Waals surface area contributed by atoms with Crippen molar-refractivity contribution >= 4 is 11.6 Å². The summed E-state index contributed by atoms with van der Waals surface area (Å²) in [6.07, 6.45) is 1.11. The van der Waals surface area contributed by atoms with Crippen LogP contribution in [0.3, 0.4) is 0 Å². The van der Waals surface area contributed by atoms with Crippen molar-refractivity contribution in [2.24, 2.45) is 5.92 Å². The van der Waals surface area contributed by atoms with Crippen LogP contribution in [-0.4, -0.2) is 30.9 Å². The molecule has 1 aromatic carbocycles. The third kappa shape index (κ3) is 2.55. The molecule has 1 saturated heterocycles. The van der Waals surface area contributed by atoms with E-state index in [9.17, 15) is 4.39 Å². The first-order valence-corrected chi connectivity index (χ1v) is 6.24. The molecule has 16 heavy (non-hydrogen) atoms. The minimum absolute atomic E-state index is 0.167. The molecule has 1 heterocycles. The van der Waals surface area contributed by atoms with Crippen LogP contribution in [0.15, 0.2) is 24.3 Å². The van der Waals surface area contributed by atoms with Crippen molar-refractivity contribution in [1.29, 1.82) is 0 Å². The predicted octanol–water partition coefficient (Wildman–Crippen LogP) is 3.10. The molecule has 1 aliphatic heterocycles. The standard InChI is InChI=1S/C13H17ClFN/c1-16-7-6-13(11(8-14)9-16)10-2-4-12(15)5-3-10/h2-5,11,13H,6-9H2,1H3. The van der Waals surface area contributed by atoms with Gasteiger partial charge in [0.05, 0.1) is 0 Å². The van der Waals surface area contributed by atoms with Crippen LogP contribution in [0.2, 0.25) is 0 Å². The van der Waals surface area contributed by atoms with E-state index in [1.165, 1.54) is 5.56 Å². The van der Waals surface area contributed by atoms with Gasteiger partial charge in [0.1, 0.15) is 5.82 Å². The molecule has 3 heteroatoms. The van der Waals surface area contributed by atoms with Gasteiger partial charge in [-0.15, -0.1) is 11.6 Å². The third-order valence-electron chi connectivity index (χ3n) is 3.43. The molecule has 0 aromatic heterocycles. The quantitative estimate of drug-likeness (QED) is 0.720. The normalized spacial score (nSPS) is 26.9. The lowest BCUT2D eigenvalue weighted by atomic mass is 9.81. The number of benzene rings is 1. The first kappa shape index (κ1) is 11.9. The van der Waals surface area contributed by atoms with Gasteiger partial charge in [0, 0.05) is 12.4 Å². The largest absolute Gasteiger partial charge is 0.306 e. The molecule has 88 valence electrons. The highest BCUT2D eigenvalue weighted by molar-refractivity contribution is 6.18. The van der Waals surface area contributed by atoms with Crippen molar-refractivity contribution in [3.63, 3.8) is 0 Å². The Morgan fingerprint density at radius 2 is 2.06 bits per heavy atom. The van der Waals surface area contributed by atoms with Crippen molar-refractivity contribution in [1.82, 2.24) is 4.90 Å². The third-order valence-corrected chi connectivity index (χ3v) is 3.83. The Balaban J connectivity index is 2.15. The van der Waals surface area contributed by atoms with E-state index < -0.39 is 0 Å². The molecule has 1 fully saturated rings. The maximum absolute atomic E-state index is 12.9. The van der Waals surface area contributed by atoms with Crippen LogP contribution in [0.1, 0.15) is 17.9 Å². The number of rotatable bonds is 2. The fourth-order valence-electron chi connectivity index (χ4n) is 2.52. The summed E-state index contributed by atoms with van der Waals surface area (Å²) in [7, 11) is 2.13. The molecule has 2 atom stereocenters. The van der Waals surface area contributed by atoms with Gasteiger partial charge in [0.2, 0.25) is 0 Å². The average molecular weight is 242 g/mol. The second-order valence-electron chi connectivity index (χ2n) is 4.62. The number of likely N-dealkylation sites (tertiary alicyclic amines) is 1. The Morgan fingerprint density at radius 3 is 2.69 bits per heavy atom. The van der Waals surface area contributed by atoms with E-state index in [1.54, 1.807) is 12.1 Å². The van der Waals surface area contributed by atoms with Crippen LogP contribution >= 0.6 is 11.6 Å². The molecule has 2 rings (SSSR count). The number of piperidine rings is 1. The zero-order valence-corrected chi connectivity index (χ0v) is 10.3. The summed E-state index contributed by atoms with van der Waals surface area (Å²) in [5.74, 6) is 1.46. The Labute approximate surface area is 101 Å². The number of halogens is 2. The first-order valence-electron chi connectivity index (χ1n) is 5.70. The molecule has 0 amide bonds. The monoisotopic (exact) mass is 241 g/mol. The van der Waals surface area contributed by atoms with Gasteiger partial charge in [-0.05, 0) is 49.5 Å². The van der Waals surface area contributed by atoms with Crippen LogP contribution in [-0.2, 0) is 0 Å². The Kier molecular flexibility index (Phi) is 3.82. The zero-order valence-electron chi connectivity index (χ0n) is 9.50. The van der Waals surface area contributed by atoms with Gasteiger partial charge in [-0.3, -0.25) is 0 Å². The predicted molar refractivity (Wildman–Crippen MR) is 65.5 cm³/mol. The van der Waals surface area contributed by atoms with E-state index in [2.05, 4.69) is 11.9 Å². The molecule has 0 saturated carbocycles. The summed E-state index contributed by atoms with van der Waals surface area (Å²) in [6, 6.07) is 6.87. The highest BCUT2D eigenvalue weighted by atomic mass is 35.5. The summed E-state index contributed by atoms with van der Waals surface area (Å²) in [5, 5.41) is 0. The Morgan fingerprint density at radius 1 is 1.38 bits per heavy atom. The molecular weight excluding hydrogens is 225 g/mol. The fraction of sp³-hybridized carbons (Fsp3) is 0.538. The first-order chi connectivity index (χ1) is 7.70. The molecule has 0 bridgehead atoms. The SMILES string of the molecule is CN1CCC(c2ccc(F)cc2)C(CCl)C1. The fourth-order valence-corrected chi connectivity index (χ4v) is 2.83. The second-order valence-corrected chi connectivity index (χ2v) is 4.93. The van der Waals surface area contributed by atoms with Crippen LogP contribution < -0.4 is 0 Å². The van der Waals surface area contributed by atoms with Gasteiger partial charge in [-0.1, -0.05) is 12.1 Å². The highest BCUT2D eigenvalue weighted by Crippen LogP contribution is 2.33. The minimum atomic E-state index is -0.167. The second kappa shape index (κ2) is 5.15. The van der Waals surface area contributed by atoms with E-state index in [-0.39, 0.29) is 5.82 Å². The van der Waals surface area contributed by atoms with Crippen molar-refractivity contribution in [3.05, 3.63) is 35.6 Å². The summed E-state index contributed by atoms with van der Waals surface area (Å²) in [4.78, 5) is 2.31. The molecular formula is C13H17ClFN. The molecule has 1 nitrogen and oxygen atoms in total. The Hall–Kier alpha value is -0.600. The van der Waals surface area contributed by atoms with Gasteiger partial charge in [0.25, 0.3) is 0 Å². The summed E-state index contributed by atoms with van der Waals surface area (Å²) >= 11 is 6.02. The van der Waals surface area contributed by atoms with Gasteiger partial charge >= 0.3 is 0 Å². The van der Waals surface area contributed by atoms with Gasteiger partial charge in [-0.2, -0.15) is 0 Å². The molecule has 0 N–H and O–H groups in total. The van der Waals surface area contributed by atoms with Crippen LogP contribution in [0, 0.1) is 11.7 Å². The van der Waals surface area contributed by atoms with E-state index in [0.717, 1.165) is 19.5 Å². The lowest BCUT2D eigenvalue weighted by Gasteiger charge is -2.36. The molecule has 1 aliphatic rings. The summed E-state index contributed by atoms with van der Waals surface area (Å²) in [5.41, 5.74) is 1.22. The van der Waals surface area contributed by atoms with E-state index in [0.29, 0.717) is 17.7 Å². The van der Waals surface area contributed by atoms with E-state index >= 15 is 0 Å². The Bertz CT molecular complexity index is 338. The van der Waals surface area contributed by atoms with Gasteiger partial charge in [-0.25, -0.2) is 4.39 Å². The van der Waals surface area contributed by atoms with Crippen LogP contribution in [0.4, 0.5) is 4.39 Å². The van der Waals surface area contributed by atoms with Crippen molar-refractivity contribution in [3.8, 4) is 0 Å². The maximum atomic E-state index is 12.9. The smallest absolute Gasteiger partial charge is 0.123 e. The summed E-state index contributed by atoms with van der Waals surface area (Å²) < 4.78 is 12.9. The minimum Gasteiger partial charge on any atom is -0.306 e. The van der Waals surface area contributed by atoms with E-state index in [4.69, 9.17) is 11.6 Å². The van der Waals surface area contributed by atoms with Crippen LogP contribution in [0.25, 0.3) is 0 Å². The van der Waals surface area contributed by atoms with Gasteiger partial charge in [0.15, 0.2) is 0 Å². The molecule has 0 radical (unpaired) electrons. The van der Waals surface area contributed by atoms with Crippen LogP contribution in [0.5, 0.6) is 0 Å². The molecule has 0 aliphatic carbocycles. The zero-order chi connectivity index (χ0) is 11.5. The maximum Gasteiger partial charge on any atom is 0.123 e. The summed E-state index contributed by atoms with van der Waals surface area (Å²) in [6.45, 7) is 2.13. The van der Waals surface area contributed by atoms with Crippen molar-refractivity contribution < 1.29 is 4.39 Å². The lowest BCUT2D eigenvalue weighted by molar-refractivity contribution is 0.197. The number of hydrogen-bond donors (Lipinski definition) is 0. The van der Waals surface area contributed by atoms with Gasteiger partial charge < -0.3 is 4.90 Å². The topological polar surface area (TPSA) is 3.24 Å². The number of hydrogen-bond acceptors (Lipinski definition) is 1. The number of nitrogens with zero attached hydrogens (tertiary/aromatic N) is 1. The van der Waals surface area contributed by atoms with Crippen molar-refractivity contribution in [2.45, 2.75) is 12.3 Å². The van der Waals surface area contributed by atoms with Crippen molar-refractivity contribution in [2.75, 3.05) is 26.0 Å². The molecule has 1 aromatic rings. The number of alkyl halides is 1. The van der Waals surface area contributed by atoms with E-state index in [1.807, 2.05) is 12.1 Å². The molecule has 2 unspecified atom stereocenters. The average Bonchev–Trinajstić information content (AvgIpc) is 2.30. The highest BCUT2D eigenvalue weighted by Gasteiger charge is 2.28.